The number of fused-ring (bicyclic) bond motifs is 7. The lowest BCUT2D eigenvalue weighted by Crippen LogP contribution is -2.02. The maximum Gasteiger partial charge on any atom is -0.000698 e. The van der Waals surface area contributed by atoms with Crippen molar-refractivity contribution in [3.8, 4) is 44.5 Å². The zero-order chi connectivity index (χ0) is 30.6. The van der Waals surface area contributed by atoms with E-state index in [2.05, 4.69) is 150 Å². The van der Waals surface area contributed by atoms with Crippen LogP contribution in [0.25, 0.3) is 87.6 Å². The van der Waals surface area contributed by atoms with Gasteiger partial charge in [-0.25, -0.2) is 0 Å². The molecule has 0 saturated heterocycles. The molecule has 0 amide bonds. The highest BCUT2D eigenvalue weighted by atomic mass is 14.3. The van der Waals surface area contributed by atoms with E-state index in [1.165, 1.54) is 115 Å². The highest BCUT2D eigenvalue weighted by Crippen LogP contribution is 2.59. The molecule has 1 aliphatic rings. The highest BCUT2D eigenvalue weighted by Gasteiger charge is 2.32. The maximum absolute atomic E-state index is 2.47. The summed E-state index contributed by atoms with van der Waals surface area (Å²) < 4.78 is 0. The minimum Gasteiger partial charge on any atom is -0.0622 e. The van der Waals surface area contributed by atoms with Crippen molar-refractivity contribution in [2.45, 2.75) is 34.6 Å². The molecule has 0 heterocycles. The predicted octanol–water partition coefficient (Wildman–Crippen LogP) is 12.8. The van der Waals surface area contributed by atoms with Crippen molar-refractivity contribution in [3.05, 3.63) is 143 Å². The second-order valence-corrected chi connectivity index (χ2v) is 13.0. The average Bonchev–Trinajstić information content (AvgIpc) is 3.40. The van der Waals surface area contributed by atoms with E-state index in [1.807, 2.05) is 0 Å². The first-order valence-corrected chi connectivity index (χ1v) is 16.0. The molecule has 45 heavy (non-hydrogen) atoms. The Morgan fingerprint density at radius 1 is 0.311 bits per heavy atom. The lowest BCUT2D eigenvalue weighted by Gasteiger charge is -2.25. The molecule has 0 bridgehead atoms. The lowest BCUT2D eigenvalue weighted by molar-refractivity contribution is 1.18. The molecular weight excluding hydrogens is 540 g/mol. The van der Waals surface area contributed by atoms with Gasteiger partial charge in [-0.1, -0.05) is 97.1 Å². The van der Waals surface area contributed by atoms with Crippen LogP contribution >= 0.6 is 0 Å². The molecule has 0 N–H and O–H groups in total. The van der Waals surface area contributed by atoms with Gasteiger partial charge in [0, 0.05) is 0 Å². The smallest absolute Gasteiger partial charge is 0.000698 e. The van der Waals surface area contributed by atoms with E-state index in [0.29, 0.717) is 0 Å². The predicted molar refractivity (Wildman–Crippen MR) is 195 cm³/mol. The van der Waals surface area contributed by atoms with Crippen molar-refractivity contribution in [1.29, 1.82) is 0 Å². The summed E-state index contributed by atoms with van der Waals surface area (Å²) in [6.07, 6.45) is 0. The van der Waals surface area contributed by atoms with Gasteiger partial charge in [-0.3, -0.25) is 0 Å². The Balaban J connectivity index is 1.62. The summed E-state index contributed by atoms with van der Waals surface area (Å²) in [6, 6.07) is 43.2. The maximum atomic E-state index is 2.47. The first kappa shape index (κ1) is 26.2. The van der Waals surface area contributed by atoms with Crippen LogP contribution in [0.5, 0.6) is 0 Å². The molecule has 0 aromatic heterocycles. The van der Waals surface area contributed by atoms with Crippen LogP contribution in [0.2, 0.25) is 0 Å². The lowest BCUT2D eigenvalue weighted by atomic mass is 9.78. The van der Waals surface area contributed by atoms with Gasteiger partial charge < -0.3 is 0 Å². The number of rotatable bonds is 2. The minimum absolute atomic E-state index is 1.26. The van der Waals surface area contributed by atoms with E-state index in [0.717, 1.165) is 0 Å². The molecule has 1 aliphatic carbocycles. The van der Waals surface area contributed by atoms with Crippen molar-refractivity contribution in [3.63, 3.8) is 0 Å². The summed E-state index contributed by atoms with van der Waals surface area (Å²) in [6.45, 7) is 11.6. The fourth-order valence-electron chi connectivity index (χ4n) is 8.32. The SMILES string of the molecule is Cc1c(C)c(C)c(-c2c3c(c(-c4ccccc4)c4cc5ccccc5cc24)-c2cccc4c2c-3cc2ccccc24)c(C)c1C. The quantitative estimate of drug-likeness (QED) is 0.142. The summed E-state index contributed by atoms with van der Waals surface area (Å²) in [7, 11) is 0. The van der Waals surface area contributed by atoms with Crippen molar-refractivity contribution in [1.82, 2.24) is 0 Å². The van der Waals surface area contributed by atoms with E-state index >= 15 is 0 Å². The topological polar surface area (TPSA) is 0 Å². The van der Waals surface area contributed by atoms with Gasteiger partial charge in [0.1, 0.15) is 0 Å². The van der Waals surface area contributed by atoms with Gasteiger partial charge in [-0.05, 0) is 168 Å². The van der Waals surface area contributed by atoms with E-state index in [9.17, 15) is 0 Å². The third-order valence-corrected chi connectivity index (χ3v) is 10.9. The van der Waals surface area contributed by atoms with Gasteiger partial charge in [0.05, 0.1) is 0 Å². The molecule has 8 aromatic rings. The van der Waals surface area contributed by atoms with Crippen LogP contribution < -0.4 is 0 Å². The molecule has 0 fully saturated rings. The zero-order valence-electron chi connectivity index (χ0n) is 26.5. The number of hydrogen-bond donors (Lipinski definition) is 0. The molecule has 0 saturated carbocycles. The van der Waals surface area contributed by atoms with Gasteiger partial charge in [0.25, 0.3) is 0 Å². The second kappa shape index (κ2) is 9.40. The summed E-state index contributed by atoms with van der Waals surface area (Å²) in [4.78, 5) is 0. The molecule has 214 valence electrons. The van der Waals surface area contributed by atoms with Gasteiger partial charge >= 0.3 is 0 Å². The normalized spacial score (nSPS) is 12.1. The van der Waals surface area contributed by atoms with E-state index in [1.54, 1.807) is 0 Å². The van der Waals surface area contributed by atoms with Crippen LogP contribution in [-0.2, 0) is 0 Å². The van der Waals surface area contributed by atoms with Crippen LogP contribution in [0, 0.1) is 34.6 Å². The van der Waals surface area contributed by atoms with Gasteiger partial charge in [0.15, 0.2) is 0 Å². The van der Waals surface area contributed by atoms with E-state index < -0.39 is 0 Å². The number of benzene rings is 8. The molecule has 0 nitrogen and oxygen atoms in total. The van der Waals surface area contributed by atoms with E-state index in [-0.39, 0.29) is 0 Å². The fourth-order valence-corrected chi connectivity index (χ4v) is 8.32. The number of hydrogen-bond acceptors (Lipinski definition) is 0. The fraction of sp³-hybridized carbons (Fsp3) is 0.111. The van der Waals surface area contributed by atoms with E-state index in [4.69, 9.17) is 0 Å². The monoisotopic (exact) mass is 574 g/mol. The standard InChI is InChI=1S/C45H34/c1-25-26(2)28(4)40(29(5)27(25)3)44-38-23-32-17-10-9-16-31(32)22-37(38)41(30-14-7-6-8-15-30)43-36-21-13-20-35-34-19-12-11-18-33(34)24-39(42(35)36)45(43)44/h6-24H,1-5H3. The summed E-state index contributed by atoms with van der Waals surface area (Å²) >= 11 is 0. The first-order valence-electron chi connectivity index (χ1n) is 16.0. The molecular formula is C45H34. The van der Waals surface area contributed by atoms with Crippen LogP contribution in [-0.4, -0.2) is 0 Å². The molecule has 9 rings (SSSR count). The summed E-state index contributed by atoms with van der Waals surface area (Å²) in [5.41, 5.74) is 17.7. The van der Waals surface area contributed by atoms with Crippen molar-refractivity contribution in [2.24, 2.45) is 0 Å². The largest absolute Gasteiger partial charge is 0.0622 e. The second-order valence-electron chi connectivity index (χ2n) is 13.0. The Hall–Kier alpha value is -5.20. The third-order valence-electron chi connectivity index (χ3n) is 10.9. The molecule has 0 radical (unpaired) electrons. The minimum atomic E-state index is 1.26. The molecule has 0 atom stereocenters. The summed E-state index contributed by atoms with van der Waals surface area (Å²) in [5, 5.41) is 10.5. The molecule has 8 aromatic carbocycles. The van der Waals surface area contributed by atoms with Gasteiger partial charge in [0.2, 0.25) is 0 Å². The van der Waals surface area contributed by atoms with Crippen LogP contribution in [0.15, 0.2) is 115 Å². The molecule has 0 heteroatoms. The van der Waals surface area contributed by atoms with Crippen molar-refractivity contribution < 1.29 is 0 Å². The molecule has 0 aliphatic heterocycles. The molecule has 0 spiro atoms. The zero-order valence-corrected chi connectivity index (χ0v) is 26.5. The Morgan fingerprint density at radius 2 is 0.844 bits per heavy atom. The highest BCUT2D eigenvalue weighted by molar-refractivity contribution is 6.31. The van der Waals surface area contributed by atoms with Gasteiger partial charge in [-0.2, -0.15) is 0 Å². The van der Waals surface area contributed by atoms with Crippen LogP contribution in [0.3, 0.4) is 0 Å². The first-order chi connectivity index (χ1) is 21.9. The van der Waals surface area contributed by atoms with Crippen LogP contribution in [0.1, 0.15) is 27.8 Å². The Morgan fingerprint density at radius 3 is 1.53 bits per heavy atom. The Bertz CT molecular complexity index is 2530. The average molecular weight is 575 g/mol. The van der Waals surface area contributed by atoms with Crippen LogP contribution in [0.4, 0.5) is 0 Å². The molecule has 0 unspecified atom stereocenters. The van der Waals surface area contributed by atoms with Crippen molar-refractivity contribution in [2.75, 3.05) is 0 Å². The van der Waals surface area contributed by atoms with Gasteiger partial charge in [-0.15, -0.1) is 0 Å². The summed E-state index contributed by atoms with van der Waals surface area (Å²) in [5.74, 6) is 0. The van der Waals surface area contributed by atoms with Crippen molar-refractivity contribution >= 4 is 43.1 Å². The third kappa shape index (κ3) is 3.48. The Kier molecular flexibility index (Phi) is 5.48. The Labute approximate surface area is 264 Å².